The van der Waals surface area contributed by atoms with Crippen molar-refractivity contribution in [1.82, 2.24) is 9.97 Å². The van der Waals surface area contributed by atoms with Crippen molar-refractivity contribution in [2.75, 3.05) is 0 Å². The summed E-state index contributed by atoms with van der Waals surface area (Å²) >= 11 is 9.20. The Labute approximate surface area is 128 Å². The molecule has 0 spiro atoms. The summed E-state index contributed by atoms with van der Waals surface area (Å²) in [6.45, 7) is 0. The molecule has 0 aliphatic rings. The van der Waals surface area contributed by atoms with E-state index >= 15 is 0 Å². The van der Waals surface area contributed by atoms with Crippen LogP contribution in [-0.2, 0) is 0 Å². The van der Waals surface area contributed by atoms with E-state index in [0.717, 1.165) is 0 Å². The van der Waals surface area contributed by atoms with Crippen molar-refractivity contribution in [3.63, 3.8) is 0 Å². The van der Waals surface area contributed by atoms with Gasteiger partial charge in [0.05, 0.1) is 6.20 Å². The molecule has 3 aromatic rings. The Morgan fingerprint density at radius 3 is 2.85 bits per heavy atom. The number of benzene rings is 1. The third kappa shape index (κ3) is 2.55. The number of pyridine rings is 2. The third-order valence-corrected chi connectivity index (χ3v) is 3.48. The fraction of sp³-hybridized carbons (Fsp3) is 0. The molecule has 0 amide bonds. The van der Waals surface area contributed by atoms with Gasteiger partial charge in [0.1, 0.15) is 21.6 Å². The fourth-order valence-electron chi connectivity index (χ4n) is 1.76. The molecule has 3 rings (SSSR count). The van der Waals surface area contributed by atoms with Gasteiger partial charge in [0.25, 0.3) is 0 Å². The van der Waals surface area contributed by atoms with E-state index in [0.29, 0.717) is 32.2 Å². The van der Waals surface area contributed by atoms with Crippen LogP contribution >= 0.6 is 27.5 Å². The molecule has 2 aromatic heterocycles. The summed E-state index contributed by atoms with van der Waals surface area (Å²) in [6, 6.07) is 10.4. The smallest absolute Gasteiger partial charge is 0.219 e. The average molecular weight is 352 g/mol. The molecule has 0 saturated heterocycles. The predicted octanol–water partition coefficient (Wildman–Crippen LogP) is 4.54. The average Bonchev–Trinajstić information content (AvgIpc) is 2.43. The molecule has 1 aromatic carbocycles. The van der Waals surface area contributed by atoms with Crippen LogP contribution in [-0.4, -0.2) is 15.1 Å². The Hall–Kier alpha value is -1.85. The number of ether oxygens (including phenoxy) is 1. The molecule has 0 saturated carbocycles. The topological polar surface area (TPSA) is 55.2 Å². The van der Waals surface area contributed by atoms with Gasteiger partial charge in [-0.3, -0.25) is 0 Å². The fourth-order valence-corrected chi connectivity index (χ4v) is 2.35. The van der Waals surface area contributed by atoms with Crippen LogP contribution < -0.4 is 4.74 Å². The van der Waals surface area contributed by atoms with E-state index in [1.807, 2.05) is 0 Å². The quantitative estimate of drug-likeness (QED) is 0.689. The number of aromatic hydroxyl groups is 1. The zero-order chi connectivity index (χ0) is 14.1. The third-order valence-electron chi connectivity index (χ3n) is 2.66. The second kappa shape index (κ2) is 5.26. The summed E-state index contributed by atoms with van der Waals surface area (Å²) in [5.74, 6) is 1.06. The van der Waals surface area contributed by atoms with E-state index in [9.17, 15) is 5.11 Å². The molecular formula is C14H8BrClN2O2. The van der Waals surface area contributed by atoms with Crippen LogP contribution in [0.4, 0.5) is 0 Å². The lowest BCUT2D eigenvalue weighted by atomic mass is 10.2. The number of aromatic nitrogens is 2. The van der Waals surface area contributed by atoms with Crippen molar-refractivity contribution >= 4 is 38.4 Å². The monoisotopic (exact) mass is 350 g/mol. The number of nitrogens with zero attached hydrogens (tertiary/aromatic N) is 2. The minimum Gasteiger partial charge on any atom is -0.506 e. The molecule has 0 aliphatic heterocycles. The summed E-state index contributed by atoms with van der Waals surface area (Å²) in [6.07, 6.45) is 1.37. The van der Waals surface area contributed by atoms with Crippen molar-refractivity contribution in [2.24, 2.45) is 0 Å². The van der Waals surface area contributed by atoms with Gasteiger partial charge in [-0.05, 0) is 40.2 Å². The predicted molar refractivity (Wildman–Crippen MR) is 80.4 cm³/mol. The van der Waals surface area contributed by atoms with Crippen LogP contribution in [0.2, 0.25) is 5.02 Å². The Kier molecular flexibility index (Phi) is 3.46. The zero-order valence-corrected chi connectivity index (χ0v) is 12.4. The van der Waals surface area contributed by atoms with Crippen molar-refractivity contribution in [3.8, 4) is 17.4 Å². The first-order valence-corrected chi connectivity index (χ1v) is 6.88. The highest BCUT2D eigenvalue weighted by molar-refractivity contribution is 9.10. The summed E-state index contributed by atoms with van der Waals surface area (Å²) in [7, 11) is 0. The van der Waals surface area contributed by atoms with Crippen LogP contribution in [0.15, 0.2) is 47.2 Å². The molecule has 0 aliphatic carbocycles. The van der Waals surface area contributed by atoms with Gasteiger partial charge in [0.15, 0.2) is 0 Å². The molecule has 1 N–H and O–H groups in total. The van der Waals surface area contributed by atoms with Gasteiger partial charge in [-0.2, -0.15) is 0 Å². The largest absolute Gasteiger partial charge is 0.506 e. The van der Waals surface area contributed by atoms with Crippen LogP contribution in [0, 0.1) is 0 Å². The van der Waals surface area contributed by atoms with Crippen LogP contribution in [0.3, 0.4) is 0 Å². The molecule has 20 heavy (non-hydrogen) atoms. The van der Waals surface area contributed by atoms with Crippen LogP contribution in [0.5, 0.6) is 17.4 Å². The lowest BCUT2D eigenvalue weighted by Gasteiger charge is -2.07. The first-order valence-electron chi connectivity index (χ1n) is 5.71. The standard InChI is InChI=1S/C14H8BrClN2O2/c15-14-13-10(11(19)7-17-14)4-5-12(18-13)20-9-3-1-2-8(16)6-9/h1-7,19H. The molecule has 0 fully saturated rings. The molecule has 0 unspecified atom stereocenters. The Balaban J connectivity index is 2.03. The Bertz CT molecular complexity index is 795. The number of fused-ring (bicyclic) bond motifs is 1. The van der Waals surface area contributed by atoms with E-state index in [2.05, 4.69) is 25.9 Å². The first kappa shape index (κ1) is 13.1. The van der Waals surface area contributed by atoms with Gasteiger partial charge < -0.3 is 9.84 Å². The van der Waals surface area contributed by atoms with Gasteiger partial charge in [-0.15, -0.1) is 0 Å². The highest BCUT2D eigenvalue weighted by atomic mass is 79.9. The first-order chi connectivity index (χ1) is 9.63. The highest BCUT2D eigenvalue weighted by Crippen LogP contribution is 2.30. The van der Waals surface area contributed by atoms with Crippen LogP contribution in [0.1, 0.15) is 0 Å². The van der Waals surface area contributed by atoms with E-state index in [4.69, 9.17) is 16.3 Å². The molecule has 6 heteroatoms. The lowest BCUT2D eigenvalue weighted by molar-refractivity contribution is 0.464. The number of rotatable bonds is 2. The Morgan fingerprint density at radius 2 is 2.05 bits per heavy atom. The van der Waals surface area contributed by atoms with E-state index in [-0.39, 0.29) is 5.75 Å². The second-order valence-corrected chi connectivity index (χ2v) is 5.23. The number of halogens is 2. The van der Waals surface area contributed by atoms with Gasteiger partial charge in [0.2, 0.25) is 5.88 Å². The molecule has 0 bridgehead atoms. The van der Waals surface area contributed by atoms with E-state index < -0.39 is 0 Å². The van der Waals surface area contributed by atoms with Crippen molar-refractivity contribution < 1.29 is 9.84 Å². The number of hydrogen-bond acceptors (Lipinski definition) is 4. The molecule has 2 heterocycles. The summed E-state index contributed by atoms with van der Waals surface area (Å²) < 4.78 is 6.18. The van der Waals surface area contributed by atoms with E-state index in [1.165, 1.54) is 6.20 Å². The van der Waals surface area contributed by atoms with Crippen LogP contribution in [0.25, 0.3) is 10.9 Å². The second-order valence-electron chi connectivity index (χ2n) is 4.04. The molecule has 100 valence electrons. The lowest BCUT2D eigenvalue weighted by Crippen LogP contribution is -1.90. The maximum Gasteiger partial charge on any atom is 0.219 e. The van der Waals surface area contributed by atoms with Crippen molar-refractivity contribution in [3.05, 3.63) is 52.2 Å². The van der Waals surface area contributed by atoms with Gasteiger partial charge in [0, 0.05) is 16.5 Å². The van der Waals surface area contributed by atoms with Gasteiger partial charge in [-0.1, -0.05) is 17.7 Å². The summed E-state index contributed by atoms with van der Waals surface area (Å²) in [5, 5.41) is 10.9. The molecule has 4 nitrogen and oxygen atoms in total. The van der Waals surface area contributed by atoms with Crippen molar-refractivity contribution in [2.45, 2.75) is 0 Å². The minimum absolute atomic E-state index is 0.0741. The SMILES string of the molecule is Oc1cnc(Br)c2nc(Oc3cccc(Cl)c3)ccc12. The minimum atomic E-state index is 0.0741. The molecule has 0 atom stereocenters. The van der Waals surface area contributed by atoms with E-state index in [1.54, 1.807) is 36.4 Å². The summed E-state index contributed by atoms with van der Waals surface area (Å²) in [4.78, 5) is 8.32. The van der Waals surface area contributed by atoms with Gasteiger partial charge >= 0.3 is 0 Å². The zero-order valence-electron chi connectivity index (χ0n) is 10.0. The highest BCUT2D eigenvalue weighted by Gasteiger charge is 2.08. The molecular weight excluding hydrogens is 344 g/mol. The molecule has 0 radical (unpaired) electrons. The van der Waals surface area contributed by atoms with Crippen molar-refractivity contribution in [1.29, 1.82) is 0 Å². The number of hydrogen-bond donors (Lipinski definition) is 1. The normalized spacial score (nSPS) is 10.7. The summed E-state index contributed by atoms with van der Waals surface area (Å²) in [5.41, 5.74) is 0.532. The Morgan fingerprint density at radius 1 is 1.20 bits per heavy atom. The maximum absolute atomic E-state index is 9.73. The van der Waals surface area contributed by atoms with Gasteiger partial charge in [-0.25, -0.2) is 9.97 Å². The maximum atomic E-state index is 9.73.